The van der Waals surface area contributed by atoms with Crippen molar-refractivity contribution in [3.8, 4) is 0 Å². The van der Waals surface area contributed by atoms with Crippen LogP contribution in [0.3, 0.4) is 0 Å². The van der Waals surface area contributed by atoms with Crippen LogP contribution in [-0.2, 0) is 0 Å². The van der Waals surface area contributed by atoms with Crippen LogP contribution in [0.25, 0.3) is 0 Å². The lowest BCUT2D eigenvalue weighted by atomic mass is 10.0. The Kier molecular flexibility index (Phi) is 8.73. The lowest BCUT2D eigenvalue weighted by Gasteiger charge is -2.07. The Balaban J connectivity index is 3.37. The number of hydrogen-bond donors (Lipinski definition) is 2. The SMILES string of the molecule is CC(C)CC(O)C=CCCCCC(C)O. The highest BCUT2D eigenvalue weighted by Crippen LogP contribution is 2.07. The van der Waals surface area contributed by atoms with Gasteiger partial charge in [-0.3, -0.25) is 0 Å². The topological polar surface area (TPSA) is 40.5 Å². The molecule has 0 aliphatic heterocycles. The predicted octanol–water partition coefficient (Wildman–Crippen LogP) is 2.89. The van der Waals surface area contributed by atoms with Crippen molar-refractivity contribution < 1.29 is 10.2 Å². The molecule has 0 rings (SSSR count). The minimum Gasteiger partial charge on any atom is -0.393 e. The molecular formula is C13H26O2. The lowest BCUT2D eigenvalue weighted by molar-refractivity contribution is 0.180. The molecule has 0 radical (unpaired) electrons. The summed E-state index contributed by atoms with van der Waals surface area (Å²) in [6.07, 6.45) is 8.34. The van der Waals surface area contributed by atoms with Crippen molar-refractivity contribution >= 4 is 0 Å². The van der Waals surface area contributed by atoms with E-state index in [0.717, 1.165) is 32.1 Å². The van der Waals surface area contributed by atoms with Crippen LogP contribution in [0.2, 0.25) is 0 Å². The number of unbranched alkanes of at least 4 members (excludes halogenated alkanes) is 2. The molecule has 0 spiro atoms. The number of hydrogen-bond acceptors (Lipinski definition) is 2. The molecule has 0 aromatic rings. The van der Waals surface area contributed by atoms with Gasteiger partial charge >= 0.3 is 0 Å². The smallest absolute Gasteiger partial charge is 0.0723 e. The Hall–Kier alpha value is -0.340. The Labute approximate surface area is 94.0 Å². The summed E-state index contributed by atoms with van der Waals surface area (Å²) in [7, 11) is 0. The maximum Gasteiger partial charge on any atom is 0.0723 e. The van der Waals surface area contributed by atoms with E-state index < -0.39 is 0 Å². The van der Waals surface area contributed by atoms with E-state index in [1.165, 1.54) is 0 Å². The third kappa shape index (κ3) is 11.6. The Morgan fingerprint density at radius 1 is 1.07 bits per heavy atom. The van der Waals surface area contributed by atoms with E-state index in [1.54, 1.807) is 0 Å². The van der Waals surface area contributed by atoms with Crippen LogP contribution in [0.15, 0.2) is 12.2 Å². The predicted molar refractivity (Wildman–Crippen MR) is 64.8 cm³/mol. The Morgan fingerprint density at radius 3 is 2.27 bits per heavy atom. The second-order valence-electron chi connectivity index (χ2n) is 4.76. The minimum absolute atomic E-state index is 0.180. The van der Waals surface area contributed by atoms with Crippen molar-refractivity contribution in [3.05, 3.63) is 12.2 Å². The van der Waals surface area contributed by atoms with Crippen LogP contribution in [0, 0.1) is 5.92 Å². The van der Waals surface area contributed by atoms with E-state index in [9.17, 15) is 5.11 Å². The van der Waals surface area contributed by atoms with Crippen molar-refractivity contribution in [2.45, 2.75) is 65.1 Å². The van der Waals surface area contributed by atoms with E-state index in [2.05, 4.69) is 19.9 Å². The van der Waals surface area contributed by atoms with E-state index in [4.69, 9.17) is 5.11 Å². The molecule has 0 amide bonds. The van der Waals surface area contributed by atoms with Gasteiger partial charge in [0.25, 0.3) is 0 Å². The molecular weight excluding hydrogens is 188 g/mol. The highest BCUT2D eigenvalue weighted by molar-refractivity contribution is 4.88. The summed E-state index contributed by atoms with van der Waals surface area (Å²) >= 11 is 0. The zero-order valence-corrected chi connectivity index (χ0v) is 10.3. The number of allylic oxidation sites excluding steroid dienone is 1. The van der Waals surface area contributed by atoms with Crippen LogP contribution in [0.4, 0.5) is 0 Å². The lowest BCUT2D eigenvalue weighted by Crippen LogP contribution is -2.05. The van der Waals surface area contributed by atoms with Crippen molar-refractivity contribution in [1.82, 2.24) is 0 Å². The molecule has 2 N–H and O–H groups in total. The summed E-state index contributed by atoms with van der Waals surface area (Å²) in [5.74, 6) is 0.542. The van der Waals surface area contributed by atoms with Crippen LogP contribution >= 0.6 is 0 Å². The molecule has 2 unspecified atom stereocenters. The number of rotatable bonds is 8. The summed E-state index contributed by atoms with van der Waals surface area (Å²) < 4.78 is 0. The van der Waals surface area contributed by atoms with Gasteiger partial charge in [-0.1, -0.05) is 32.4 Å². The monoisotopic (exact) mass is 214 g/mol. The quantitative estimate of drug-likeness (QED) is 0.482. The van der Waals surface area contributed by atoms with Crippen LogP contribution < -0.4 is 0 Å². The summed E-state index contributed by atoms with van der Waals surface area (Å²) in [6, 6.07) is 0. The first-order valence-corrected chi connectivity index (χ1v) is 6.05. The van der Waals surface area contributed by atoms with E-state index in [1.807, 2.05) is 13.0 Å². The molecule has 0 aromatic carbocycles. The van der Waals surface area contributed by atoms with Gasteiger partial charge in [0, 0.05) is 0 Å². The van der Waals surface area contributed by atoms with Gasteiger partial charge in [0.15, 0.2) is 0 Å². The maximum absolute atomic E-state index is 9.54. The van der Waals surface area contributed by atoms with E-state index >= 15 is 0 Å². The number of aliphatic hydroxyl groups is 2. The third-order valence-corrected chi connectivity index (χ3v) is 2.31. The average molecular weight is 214 g/mol. The molecule has 0 aliphatic rings. The first kappa shape index (κ1) is 14.7. The molecule has 0 saturated carbocycles. The summed E-state index contributed by atoms with van der Waals surface area (Å²) in [5, 5.41) is 18.6. The Bertz CT molecular complexity index is 162. The summed E-state index contributed by atoms with van der Waals surface area (Å²) in [4.78, 5) is 0. The van der Waals surface area contributed by atoms with Crippen molar-refractivity contribution in [1.29, 1.82) is 0 Å². The second kappa shape index (κ2) is 8.93. The first-order chi connectivity index (χ1) is 7.02. The van der Waals surface area contributed by atoms with Gasteiger partial charge in [0.2, 0.25) is 0 Å². The van der Waals surface area contributed by atoms with Gasteiger partial charge in [-0.25, -0.2) is 0 Å². The molecule has 0 heterocycles. The highest BCUT2D eigenvalue weighted by Gasteiger charge is 2.01. The van der Waals surface area contributed by atoms with Gasteiger partial charge in [0.1, 0.15) is 0 Å². The van der Waals surface area contributed by atoms with Crippen LogP contribution in [0.1, 0.15) is 52.9 Å². The molecule has 0 aromatic heterocycles. The molecule has 2 heteroatoms. The molecule has 2 nitrogen and oxygen atoms in total. The van der Waals surface area contributed by atoms with E-state index in [-0.39, 0.29) is 12.2 Å². The molecule has 0 fully saturated rings. The Morgan fingerprint density at radius 2 is 1.73 bits per heavy atom. The van der Waals surface area contributed by atoms with Crippen molar-refractivity contribution in [3.63, 3.8) is 0 Å². The third-order valence-electron chi connectivity index (χ3n) is 2.31. The molecule has 0 saturated heterocycles. The minimum atomic E-state index is -0.290. The van der Waals surface area contributed by atoms with Gasteiger partial charge in [-0.05, 0) is 38.5 Å². The molecule has 90 valence electrons. The summed E-state index contributed by atoms with van der Waals surface area (Å²) in [5.41, 5.74) is 0. The van der Waals surface area contributed by atoms with Crippen molar-refractivity contribution in [2.24, 2.45) is 5.92 Å². The molecule has 2 atom stereocenters. The van der Waals surface area contributed by atoms with E-state index in [0.29, 0.717) is 5.92 Å². The number of aliphatic hydroxyl groups excluding tert-OH is 2. The van der Waals surface area contributed by atoms with Crippen LogP contribution in [-0.4, -0.2) is 22.4 Å². The fraction of sp³-hybridized carbons (Fsp3) is 0.846. The van der Waals surface area contributed by atoms with Gasteiger partial charge < -0.3 is 10.2 Å². The fourth-order valence-electron chi connectivity index (χ4n) is 1.52. The molecule has 0 bridgehead atoms. The highest BCUT2D eigenvalue weighted by atomic mass is 16.3. The average Bonchev–Trinajstić information content (AvgIpc) is 2.09. The zero-order valence-electron chi connectivity index (χ0n) is 10.3. The van der Waals surface area contributed by atoms with Crippen LogP contribution in [0.5, 0.6) is 0 Å². The van der Waals surface area contributed by atoms with Gasteiger partial charge in [0.05, 0.1) is 12.2 Å². The summed E-state index contributed by atoms with van der Waals surface area (Å²) in [6.45, 7) is 6.04. The fourth-order valence-corrected chi connectivity index (χ4v) is 1.52. The normalized spacial score (nSPS) is 16.1. The van der Waals surface area contributed by atoms with Gasteiger partial charge in [-0.2, -0.15) is 0 Å². The molecule has 0 aliphatic carbocycles. The largest absolute Gasteiger partial charge is 0.393 e. The standard InChI is InChI=1S/C13H26O2/c1-11(2)10-13(15)9-7-5-4-6-8-12(3)14/h7,9,11-15H,4-6,8,10H2,1-3H3. The second-order valence-corrected chi connectivity index (χ2v) is 4.76. The molecule has 15 heavy (non-hydrogen) atoms. The maximum atomic E-state index is 9.54. The van der Waals surface area contributed by atoms with Gasteiger partial charge in [-0.15, -0.1) is 0 Å². The van der Waals surface area contributed by atoms with Crippen molar-refractivity contribution in [2.75, 3.05) is 0 Å². The first-order valence-electron chi connectivity index (χ1n) is 6.05. The zero-order chi connectivity index (χ0) is 11.7.